The highest BCUT2D eigenvalue weighted by Crippen LogP contribution is 2.16. The number of allylic oxidation sites excluding steroid dienone is 12. The Morgan fingerprint density at radius 3 is 0.942 bits per heavy atom. The molecule has 0 aliphatic rings. The Morgan fingerprint density at radius 2 is 0.594 bits per heavy atom. The van der Waals surface area contributed by atoms with E-state index in [1.807, 2.05) is 12.2 Å². The molecule has 0 N–H and O–H groups in total. The van der Waals surface area contributed by atoms with Gasteiger partial charge >= 0.3 is 17.9 Å². The third kappa shape index (κ3) is 55.6. The predicted molar refractivity (Wildman–Crippen MR) is 298 cm³/mol. The van der Waals surface area contributed by atoms with Gasteiger partial charge in [0.15, 0.2) is 6.10 Å². The maximum atomic E-state index is 12.7. The Kier molecular flexibility index (Phi) is 54.8. The average Bonchev–Trinajstić information content (AvgIpc) is 3.35. The maximum Gasteiger partial charge on any atom is 0.306 e. The number of ether oxygens (including phenoxy) is 3. The molecule has 0 aromatic heterocycles. The zero-order valence-electron chi connectivity index (χ0n) is 45.6. The summed E-state index contributed by atoms with van der Waals surface area (Å²) < 4.78 is 16.7. The van der Waals surface area contributed by atoms with Crippen LogP contribution in [0.15, 0.2) is 72.9 Å². The van der Waals surface area contributed by atoms with Gasteiger partial charge in [-0.15, -0.1) is 0 Å². The van der Waals surface area contributed by atoms with Gasteiger partial charge in [-0.25, -0.2) is 0 Å². The molecule has 0 saturated carbocycles. The van der Waals surface area contributed by atoms with Crippen molar-refractivity contribution in [2.75, 3.05) is 13.2 Å². The summed E-state index contributed by atoms with van der Waals surface area (Å²) in [5.41, 5.74) is 0. The van der Waals surface area contributed by atoms with Crippen LogP contribution in [0.25, 0.3) is 0 Å². The van der Waals surface area contributed by atoms with Gasteiger partial charge in [-0.2, -0.15) is 0 Å². The van der Waals surface area contributed by atoms with Crippen molar-refractivity contribution in [3.63, 3.8) is 0 Å². The molecular formula is C63H110O6. The first-order chi connectivity index (χ1) is 34.0. The van der Waals surface area contributed by atoms with Crippen LogP contribution in [0, 0.1) is 0 Å². The van der Waals surface area contributed by atoms with Gasteiger partial charge in [-0.3, -0.25) is 14.4 Å². The lowest BCUT2D eigenvalue weighted by Crippen LogP contribution is -2.30. The minimum atomic E-state index is -0.808. The van der Waals surface area contributed by atoms with Crippen LogP contribution in [0.3, 0.4) is 0 Å². The third-order valence-corrected chi connectivity index (χ3v) is 12.7. The second-order valence-corrected chi connectivity index (χ2v) is 19.5. The van der Waals surface area contributed by atoms with Crippen LogP contribution in [-0.2, 0) is 28.6 Å². The molecule has 0 spiro atoms. The normalized spacial score (nSPS) is 12.6. The van der Waals surface area contributed by atoms with E-state index in [1.54, 1.807) is 0 Å². The summed E-state index contributed by atoms with van der Waals surface area (Å²) in [4.78, 5) is 37.8. The van der Waals surface area contributed by atoms with Gasteiger partial charge in [0.2, 0.25) is 0 Å². The summed E-state index contributed by atoms with van der Waals surface area (Å²) in [5, 5.41) is 0. The topological polar surface area (TPSA) is 78.9 Å². The van der Waals surface area contributed by atoms with E-state index in [-0.39, 0.29) is 37.5 Å². The molecule has 0 saturated heterocycles. The molecule has 6 nitrogen and oxygen atoms in total. The number of hydrogen-bond donors (Lipinski definition) is 0. The Bertz CT molecular complexity index is 1290. The fourth-order valence-electron chi connectivity index (χ4n) is 8.31. The molecule has 0 aromatic carbocycles. The Morgan fingerprint density at radius 1 is 0.304 bits per heavy atom. The summed E-state index contributed by atoms with van der Waals surface area (Å²) >= 11 is 0. The summed E-state index contributed by atoms with van der Waals surface area (Å²) in [7, 11) is 0. The van der Waals surface area contributed by atoms with Gasteiger partial charge in [0.1, 0.15) is 13.2 Å². The van der Waals surface area contributed by atoms with Gasteiger partial charge in [0.05, 0.1) is 0 Å². The van der Waals surface area contributed by atoms with Crippen LogP contribution in [-0.4, -0.2) is 37.2 Å². The average molecular weight is 964 g/mol. The standard InChI is InChI=1S/C63H110O6/c1-4-7-10-13-16-18-20-22-23-24-25-26-27-28-29-30-31-32-33-34-35-36-37-38-39-41-42-44-47-50-53-56-62(65)68-59-60(58-67-61(64)55-52-49-46-15-12-9-6-3)69-63(66)57-54-51-48-45-43-40-21-19-17-14-11-8-5-2/h8,11,17,19-20,22,24-25,40,43,48,51,60H,4-7,9-10,12-16,18,21,23,26-39,41-42,44-47,49-50,52-59H2,1-3H3/b11-8-,19-17-,22-20-,25-24-,43-40-,51-48-. The summed E-state index contributed by atoms with van der Waals surface area (Å²) in [5.74, 6) is -0.984. The fraction of sp³-hybridized carbons (Fsp3) is 0.762. The smallest absolute Gasteiger partial charge is 0.306 e. The number of unbranched alkanes of at least 4 members (excludes halogenated alkanes) is 30. The SMILES string of the molecule is CC/C=C\C/C=C\C/C=C\C/C=C\CCC(=O)OC(COC(=O)CCCCCCCCC)COC(=O)CCCCCCCCCCCCCCCCCCCCC/C=C\C/C=C\CCCCCCC. The van der Waals surface area contributed by atoms with Crippen LogP contribution in [0.1, 0.15) is 290 Å². The quantitative estimate of drug-likeness (QED) is 0.0262. The van der Waals surface area contributed by atoms with Crippen LogP contribution < -0.4 is 0 Å². The minimum absolute atomic E-state index is 0.101. The second kappa shape index (κ2) is 57.4. The Labute approximate surface area is 427 Å². The lowest BCUT2D eigenvalue weighted by molar-refractivity contribution is -0.166. The number of esters is 3. The van der Waals surface area contributed by atoms with Crippen LogP contribution in [0.4, 0.5) is 0 Å². The summed E-state index contributed by atoms with van der Waals surface area (Å²) in [6.07, 6.45) is 73.9. The van der Waals surface area contributed by atoms with Gasteiger partial charge in [-0.05, 0) is 77.0 Å². The van der Waals surface area contributed by atoms with Crippen molar-refractivity contribution < 1.29 is 28.6 Å². The molecule has 1 unspecified atom stereocenters. The Balaban J connectivity index is 4.03. The van der Waals surface area contributed by atoms with E-state index < -0.39 is 6.10 Å². The van der Waals surface area contributed by atoms with E-state index in [4.69, 9.17) is 14.2 Å². The van der Waals surface area contributed by atoms with E-state index >= 15 is 0 Å². The third-order valence-electron chi connectivity index (χ3n) is 12.7. The molecule has 398 valence electrons. The molecule has 0 rings (SSSR count). The van der Waals surface area contributed by atoms with Crippen molar-refractivity contribution in [3.05, 3.63) is 72.9 Å². The summed E-state index contributed by atoms with van der Waals surface area (Å²) in [6, 6.07) is 0. The molecule has 0 aliphatic carbocycles. The number of hydrogen-bond acceptors (Lipinski definition) is 6. The van der Waals surface area contributed by atoms with Gasteiger partial charge in [0, 0.05) is 19.3 Å². The largest absolute Gasteiger partial charge is 0.462 e. The van der Waals surface area contributed by atoms with E-state index in [9.17, 15) is 14.4 Å². The Hall–Kier alpha value is -3.15. The zero-order valence-corrected chi connectivity index (χ0v) is 45.6. The predicted octanol–water partition coefficient (Wildman–Crippen LogP) is 19.8. The second-order valence-electron chi connectivity index (χ2n) is 19.5. The van der Waals surface area contributed by atoms with E-state index in [0.717, 1.165) is 70.6 Å². The molecule has 0 bridgehead atoms. The van der Waals surface area contributed by atoms with E-state index in [1.165, 1.54) is 173 Å². The van der Waals surface area contributed by atoms with Crippen molar-refractivity contribution in [3.8, 4) is 0 Å². The monoisotopic (exact) mass is 963 g/mol. The lowest BCUT2D eigenvalue weighted by atomic mass is 10.0. The molecule has 0 aliphatic heterocycles. The van der Waals surface area contributed by atoms with Crippen molar-refractivity contribution in [1.82, 2.24) is 0 Å². The summed E-state index contributed by atoms with van der Waals surface area (Å²) in [6.45, 7) is 6.42. The zero-order chi connectivity index (χ0) is 50.0. The highest BCUT2D eigenvalue weighted by molar-refractivity contribution is 5.71. The molecule has 0 heterocycles. The van der Waals surface area contributed by atoms with Gasteiger partial charge in [-0.1, -0.05) is 267 Å². The number of carbonyl (C=O) groups excluding carboxylic acids is 3. The van der Waals surface area contributed by atoms with Crippen molar-refractivity contribution >= 4 is 17.9 Å². The fourth-order valence-corrected chi connectivity index (χ4v) is 8.31. The maximum absolute atomic E-state index is 12.7. The minimum Gasteiger partial charge on any atom is -0.462 e. The van der Waals surface area contributed by atoms with Crippen LogP contribution >= 0.6 is 0 Å². The van der Waals surface area contributed by atoms with Crippen molar-refractivity contribution in [2.45, 2.75) is 297 Å². The molecular weight excluding hydrogens is 853 g/mol. The molecule has 0 radical (unpaired) electrons. The van der Waals surface area contributed by atoms with Crippen LogP contribution in [0.2, 0.25) is 0 Å². The van der Waals surface area contributed by atoms with E-state index in [0.29, 0.717) is 19.3 Å². The highest BCUT2D eigenvalue weighted by atomic mass is 16.6. The van der Waals surface area contributed by atoms with Crippen molar-refractivity contribution in [2.24, 2.45) is 0 Å². The molecule has 6 heteroatoms. The molecule has 1 atom stereocenters. The molecule has 0 aromatic rings. The molecule has 0 fully saturated rings. The number of carbonyl (C=O) groups is 3. The highest BCUT2D eigenvalue weighted by Gasteiger charge is 2.19. The van der Waals surface area contributed by atoms with Crippen LogP contribution in [0.5, 0.6) is 0 Å². The van der Waals surface area contributed by atoms with Crippen molar-refractivity contribution in [1.29, 1.82) is 0 Å². The lowest BCUT2D eigenvalue weighted by Gasteiger charge is -2.18. The first-order valence-corrected chi connectivity index (χ1v) is 29.4. The molecule has 0 amide bonds. The van der Waals surface area contributed by atoms with Gasteiger partial charge < -0.3 is 14.2 Å². The first kappa shape index (κ1) is 65.8. The number of rotatable bonds is 53. The van der Waals surface area contributed by atoms with Gasteiger partial charge in [0.25, 0.3) is 0 Å². The molecule has 69 heavy (non-hydrogen) atoms. The first-order valence-electron chi connectivity index (χ1n) is 29.4. The van der Waals surface area contributed by atoms with E-state index in [2.05, 4.69) is 81.5 Å².